The Kier molecular flexibility index (Phi) is 5.17. The molecule has 21 heavy (non-hydrogen) atoms. The lowest BCUT2D eigenvalue weighted by Crippen LogP contribution is -2.12. The summed E-state index contributed by atoms with van der Waals surface area (Å²) in [4.78, 5) is 11.8. The summed E-state index contributed by atoms with van der Waals surface area (Å²) in [5, 5.41) is 2.68. The first-order valence-corrected chi connectivity index (χ1v) is 6.84. The molecule has 0 radical (unpaired) electrons. The van der Waals surface area contributed by atoms with Gasteiger partial charge in [0.1, 0.15) is 11.6 Å². The Morgan fingerprint density at radius 2 is 1.95 bits per heavy atom. The van der Waals surface area contributed by atoms with Gasteiger partial charge in [0.2, 0.25) is 5.91 Å². The van der Waals surface area contributed by atoms with Crippen LogP contribution in [-0.4, -0.2) is 13.0 Å². The molecule has 0 unspecified atom stereocenters. The van der Waals surface area contributed by atoms with E-state index < -0.39 is 5.82 Å². The van der Waals surface area contributed by atoms with Gasteiger partial charge in [0.25, 0.3) is 0 Å². The molecule has 0 heterocycles. The summed E-state index contributed by atoms with van der Waals surface area (Å²) in [6, 6.07) is 11.6. The van der Waals surface area contributed by atoms with Crippen LogP contribution in [0.4, 0.5) is 10.1 Å². The first kappa shape index (κ1) is 15.3. The van der Waals surface area contributed by atoms with Crippen LogP contribution >= 0.6 is 11.6 Å². The predicted octanol–water partition coefficient (Wildman–Crippen LogP) is 4.06. The quantitative estimate of drug-likeness (QED) is 0.904. The van der Waals surface area contributed by atoms with Crippen LogP contribution in [0, 0.1) is 5.82 Å². The Labute approximate surface area is 127 Å². The van der Waals surface area contributed by atoms with E-state index in [9.17, 15) is 9.18 Å². The number of ether oxygens (including phenoxy) is 1. The van der Waals surface area contributed by atoms with E-state index in [1.807, 2.05) is 24.3 Å². The van der Waals surface area contributed by atoms with Gasteiger partial charge in [0, 0.05) is 12.1 Å². The van der Waals surface area contributed by atoms with Crippen LogP contribution in [-0.2, 0) is 11.2 Å². The molecule has 2 rings (SSSR count). The number of hydrogen-bond donors (Lipinski definition) is 1. The normalized spacial score (nSPS) is 10.2. The lowest BCUT2D eigenvalue weighted by molar-refractivity contribution is -0.116. The van der Waals surface area contributed by atoms with Crippen LogP contribution in [0.25, 0.3) is 0 Å². The van der Waals surface area contributed by atoms with Crippen molar-refractivity contribution in [3.05, 3.63) is 58.9 Å². The Balaban J connectivity index is 1.87. The minimum Gasteiger partial charge on any atom is -0.497 e. The first-order chi connectivity index (χ1) is 10.1. The molecule has 0 fully saturated rings. The van der Waals surface area contributed by atoms with Gasteiger partial charge >= 0.3 is 0 Å². The molecule has 5 heteroatoms. The van der Waals surface area contributed by atoms with E-state index in [0.717, 1.165) is 11.3 Å². The second-order valence-electron chi connectivity index (χ2n) is 4.53. The van der Waals surface area contributed by atoms with Gasteiger partial charge in [-0.1, -0.05) is 23.7 Å². The van der Waals surface area contributed by atoms with Crippen molar-refractivity contribution in [1.29, 1.82) is 0 Å². The number of amides is 1. The van der Waals surface area contributed by atoms with E-state index in [0.29, 0.717) is 18.5 Å². The smallest absolute Gasteiger partial charge is 0.224 e. The SMILES string of the molecule is COc1ccc(CCC(=O)Nc2ccc(F)c(Cl)c2)cc1. The summed E-state index contributed by atoms with van der Waals surface area (Å²) >= 11 is 5.66. The fourth-order valence-corrected chi connectivity index (χ4v) is 2.03. The molecule has 0 saturated heterocycles. The van der Waals surface area contributed by atoms with Crippen molar-refractivity contribution in [1.82, 2.24) is 0 Å². The molecular weight excluding hydrogens is 293 g/mol. The highest BCUT2D eigenvalue weighted by molar-refractivity contribution is 6.31. The summed E-state index contributed by atoms with van der Waals surface area (Å²) in [7, 11) is 1.61. The van der Waals surface area contributed by atoms with E-state index in [1.54, 1.807) is 7.11 Å². The molecule has 0 bridgehead atoms. The van der Waals surface area contributed by atoms with E-state index in [2.05, 4.69) is 5.32 Å². The van der Waals surface area contributed by atoms with Gasteiger partial charge in [-0.3, -0.25) is 4.79 Å². The van der Waals surface area contributed by atoms with Gasteiger partial charge in [-0.05, 0) is 42.3 Å². The number of carbonyl (C=O) groups excluding carboxylic acids is 1. The zero-order chi connectivity index (χ0) is 15.2. The summed E-state index contributed by atoms with van der Waals surface area (Å²) in [5.74, 6) is 0.130. The van der Waals surface area contributed by atoms with Gasteiger partial charge in [-0.15, -0.1) is 0 Å². The summed E-state index contributed by atoms with van der Waals surface area (Å²) in [6.45, 7) is 0. The number of aryl methyl sites for hydroxylation is 1. The maximum atomic E-state index is 13.0. The molecular formula is C16H15ClFNO2. The van der Waals surface area contributed by atoms with E-state index in [-0.39, 0.29) is 10.9 Å². The monoisotopic (exact) mass is 307 g/mol. The molecule has 0 aromatic heterocycles. The Morgan fingerprint density at radius 3 is 2.57 bits per heavy atom. The van der Waals surface area contributed by atoms with Crippen molar-refractivity contribution in [3.8, 4) is 5.75 Å². The molecule has 3 nitrogen and oxygen atoms in total. The van der Waals surface area contributed by atoms with Crippen LogP contribution in [0.3, 0.4) is 0 Å². The number of anilines is 1. The fourth-order valence-electron chi connectivity index (χ4n) is 1.85. The molecule has 0 aliphatic carbocycles. The van der Waals surface area contributed by atoms with E-state index in [4.69, 9.17) is 16.3 Å². The molecule has 0 atom stereocenters. The molecule has 1 amide bonds. The highest BCUT2D eigenvalue weighted by Gasteiger charge is 2.06. The third kappa shape index (κ3) is 4.46. The Bertz CT molecular complexity index is 629. The van der Waals surface area contributed by atoms with Gasteiger partial charge in [-0.2, -0.15) is 0 Å². The zero-order valence-electron chi connectivity index (χ0n) is 11.5. The molecule has 0 aliphatic heterocycles. The summed E-state index contributed by atoms with van der Waals surface area (Å²) < 4.78 is 18.1. The number of halogens is 2. The van der Waals surface area contributed by atoms with Crippen LogP contribution in [0.2, 0.25) is 5.02 Å². The number of benzene rings is 2. The lowest BCUT2D eigenvalue weighted by Gasteiger charge is -2.06. The predicted molar refractivity (Wildman–Crippen MR) is 81.4 cm³/mol. The topological polar surface area (TPSA) is 38.3 Å². The number of carbonyl (C=O) groups is 1. The van der Waals surface area contributed by atoms with Crippen molar-refractivity contribution in [2.24, 2.45) is 0 Å². The lowest BCUT2D eigenvalue weighted by atomic mass is 10.1. The fraction of sp³-hybridized carbons (Fsp3) is 0.188. The van der Waals surface area contributed by atoms with Gasteiger partial charge in [0.15, 0.2) is 0 Å². The number of methoxy groups -OCH3 is 1. The van der Waals surface area contributed by atoms with E-state index >= 15 is 0 Å². The molecule has 0 spiro atoms. The zero-order valence-corrected chi connectivity index (χ0v) is 12.3. The highest BCUT2D eigenvalue weighted by Crippen LogP contribution is 2.19. The minimum atomic E-state index is -0.507. The summed E-state index contributed by atoms with van der Waals surface area (Å²) in [5.41, 5.74) is 1.53. The third-order valence-corrected chi connectivity index (χ3v) is 3.29. The second kappa shape index (κ2) is 7.09. The van der Waals surface area contributed by atoms with E-state index in [1.165, 1.54) is 18.2 Å². The maximum absolute atomic E-state index is 13.0. The largest absolute Gasteiger partial charge is 0.497 e. The highest BCUT2D eigenvalue weighted by atomic mass is 35.5. The number of hydrogen-bond acceptors (Lipinski definition) is 2. The molecule has 0 saturated carbocycles. The molecule has 1 N–H and O–H groups in total. The Morgan fingerprint density at radius 1 is 1.24 bits per heavy atom. The van der Waals surface area contributed by atoms with Gasteiger partial charge < -0.3 is 10.1 Å². The molecule has 2 aromatic rings. The van der Waals surface area contributed by atoms with Gasteiger partial charge in [-0.25, -0.2) is 4.39 Å². The van der Waals surface area contributed by atoms with Crippen molar-refractivity contribution >= 4 is 23.2 Å². The van der Waals surface area contributed by atoms with Crippen LogP contribution in [0.5, 0.6) is 5.75 Å². The van der Waals surface area contributed by atoms with Crippen molar-refractivity contribution in [3.63, 3.8) is 0 Å². The average Bonchev–Trinajstić information content (AvgIpc) is 2.49. The van der Waals surface area contributed by atoms with Crippen LogP contribution in [0.1, 0.15) is 12.0 Å². The second-order valence-corrected chi connectivity index (χ2v) is 4.93. The molecule has 110 valence electrons. The minimum absolute atomic E-state index is 0.0112. The van der Waals surface area contributed by atoms with Crippen molar-refractivity contribution in [2.45, 2.75) is 12.8 Å². The van der Waals surface area contributed by atoms with Crippen molar-refractivity contribution in [2.75, 3.05) is 12.4 Å². The summed E-state index contributed by atoms with van der Waals surface area (Å²) in [6.07, 6.45) is 0.950. The van der Waals surface area contributed by atoms with Crippen LogP contribution in [0.15, 0.2) is 42.5 Å². The Hall–Kier alpha value is -2.07. The third-order valence-electron chi connectivity index (χ3n) is 3.00. The first-order valence-electron chi connectivity index (χ1n) is 6.46. The van der Waals surface area contributed by atoms with Gasteiger partial charge in [0.05, 0.1) is 12.1 Å². The number of nitrogens with one attached hydrogen (secondary N) is 1. The molecule has 2 aromatic carbocycles. The average molecular weight is 308 g/mol. The molecule has 0 aliphatic rings. The standard InChI is InChI=1S/C16H15ClFNO2/c1-21-13-6-2-11(3-7-13)4-9-16(20)19-12-5-8-15(18)14(17)10-12/h2-3,5-8,10H,4,9H2,1H3,(H,19,20). The number of rotatable bonds is 5. The van der Waals surface area contributed by atoms with Crippen molar-refractivity contribution < 1.29 is 13.9 Å². The van der Waals surface area contributed by atoms with Crippen LogP contribution < -0.4 is 10.1 Å². The maximum Gasteiger partial charge on any atom is 0.224 e.